The van der Waals surface area contributed by atoms with E-state index in [1.807, 2.05) is 67.6 Å². The van der Waals surface area contributed by atoms with Gasteiger partial charge in [-0.25, -0.2) is 0 Å². The summed E-state index contributed by atoms with van der Waals surface area (Å²) in [4.78, 5) is 20.4. The van der Waals surface area contributed by atoms with Gasteiger partial charge in [0.2, 0.25) is 0 Å². The Kier molecular flexibility index (Phi) is 4.57. The van der Waals surface area contributed by atoms with Crippen molar-refractivity contribution < 1.29 is 0 Å². The third-order valence-electron chi connectivity index (χ3n) is 4.64. The summed E-state index contributed by atoms with van der Waals surface area (Å²) in [6, 6.07) is 24.9. The number of aryl methyl sites for hydroxylation is 1. The van der Waals surface area contributed by atoms with E-state index >= 15 is 0 Å². The van der Waals surface area contributed by atoms with E-state index in [-0.39, 0.29) is 5.56 Å². The third-order valence-corrected chi connectivity index (χ3v) is 4.64. The summed E-state index contributed by atoms with van der Waals surface area (Å²) in [6.07, 6.45) is 1.70. The normalized spacial score (nSPS) is 10.4. The summed E-state index contributed by atoms with van der Waals surface area (Å²) < 4.78 is 0. The molecule has 2 heterocycles. The van der Waals surface area contributed by atoms with Crippen molar-refractivity contribution in [1.29, 1.82) is 5.26 Å². The molecular formula is C24H17N3O. The molecule has 0 unspecified atom stereocenters. The van der Waals surface area contributed by atoms with Crippen LogP contribution in [-0.2, 0) is 0 Å². The summed E-state index contributed by atoms with van der Waals surface area (Å²) >= 11 is 0. The van der Waals surface area contributed by atoms with Gasteiger partial charge >= 0.3 is 0 Å². The van der Waals surface area contributed by atoms with E-state index < -0.39 is 0 Å². The molecule has 0 fully saturated rings. The molecule has 4 nitrogen and oxygen atoms in total. The van der Waals surface area contributed by atoms with Crippen molar-refractivity contribution in [2.24, 2.45) is 0 Å². The Balaban J connectivity index is 2.14. The molecule has 2 aromatic heterocycles. The number of benzene rings is 2. The van der Waals surface area contributed by atoms with Crippen LogP contribution in [0.2, 0.25) is 0 Å². The smallest absolute Gasteiger partial charge is 0.256 e. The van der Waals surface area contributed by atoms with Crippen molar-refractivity contribution >= 4 is 0 Å². The number of nitriles is 1. The lowest BCUT2D eigenvalue weighted by molar-refractivity contribution is 1.18. The van der Waals surface area contributed by atoms with Crippen molar-refractivity contribution in [3.05, 3.63) is 101 Å². The van der Waals surface area contributed by atoms with Gasteiger partial charge in [0.15, 0.2) is 0 Å². The summed E-state index contributed by atoms with van der Waals surface area (Å²) in [7, 11) is 0. The first kappa shape index (κ1) is 17.4. The van der Waals surface area contributed by atoms with Crippen LogP contribution in [0.15, 0.2) is 83.8 Å². The zero-order valence-corrected chi connectivity index (χ0v) is 15.3. The van der Waals surface area contributed by atoms with Gasteiger partial charge in [-0.2, -0.15) is 5.26 Å². The molecule has 0 aliphatic heterocycles. The number of rotatable bonds is 3. The predicted octanol–water partition coefficient (Wildman–Crippen LogP) is 4.95. The number of aromatic amines is 1. The van der Waals surface area contributed by atoms with Gasteiger partial charge in [0.25, 0.3) is 5.56 Å². The fourth-order valence-corrected chi connectivity index (χ4v) is 3.39. The average molecular weight is 363 g/mol. The Hall–Kier alpha value is -3.97. The molecule has 0 aliphatic carbocycles. The molecule has 0 bridgehead atoms. The third kappa shape index (κ3) is 3.10. The van der Waals surface area contributed by atoms with Gasteiger partial charge in [-0.15, -0.1) is 0 Å². The molecule has 0 saturated carbocycles. The Morgan fingerprint density at radius 2 is 1.61 bits per heavy atom. The summed E-state index contributed by atoms with van der Waals surface area (Å²) in [5.74, 6) is 0. The maximum atomic E-state index is 12.9. The highest BCUT2D eigenvalue weighted by Gasteiger charge is 2.20. The molecule has 4 rings (SSSR count). The van der Waals surface area contributed by atoms with E-state index in [0.29, 0.717) is 16.7 Å². The Bertz CT molecular complexity index is 1250. The van der Waals surface area contributed by atoms with E-state index in [2.05, 4.69) is 16.0 Å². The molecule has 0 amide bonds. The van der Waals surface area contributed by atoms with Gasteiger partial charge in [0, 0.05) is 28.6 Å². The van der Waals surface area contributed by atoms with Gasteiger partial charge in [-0.05, 0) is 30.7 Å². The van der Waals surface area contributed by atoms with Crippen molar-refractivity contribution in [3.8, 4) is 39.6 Å². The molecule has 1 N–H and O–H groups in total. The second kappa shape index (κ2) is 7.34. The van der Waals surface area contributed by atoms with Crippen LogP contribution in [0.25, 0.3) is 33.5 Å². The Morgan fingerprint density at radius 1 is 0.857 bits per heavy atom. The molecule has 0 aliphatic rings. The van der Waals surface area contributed by atoms with Crippen LogP contribution in [0, 0.1) is 18.3 Å². The highest BCUT2D eigenvalue weighted by molar-refractivity contribution is 5.94. The van der Waals surface area contributed by atoms with E-state index in [1.165, 1.54) is 0 Å². The molecule has 4 aromatic rings. The number of hydrogen-bond acceptors (Lipinski definition) is 3. The van der Waals surface area contributed by atoms with Crippen LogP contribution in [0.1, 0.15) is 11.3 Å². The Labute approximate surface area is 162 Å². The standard InChI is InChI=1S/C24H17N3O/c1-16-8-7-13-21(27-16)20-15-26-24(28)23(19-12-6-5-11-18(19)14-25)22(20)17-9-3-2-4-10-17/h2-13,15H,1H3,(H,26,28). The van der Waals surface area contributed by atoms with E-state index in [1.54, 1.807) is 18.3 Å². The first-order valence-electron chi connectivity index (χ1n) is 8.93. The van der Waals surface area contributed by atoms with Crippen LogP contribution in [-0.4, -0.2) is 9.97 Å². The molecule has 0 radical (unpaired) electrons. The van der Waals surface area contributed by atoms with Crippen molar-refractivity contribution in [2.45, 2.75) is 6.92 Å². The number of aromatic nitrogens is 2. The summed E-state index contributed by atoms with van der Waals surface area (Å²) in [5.41, 5.74) is 5.45. The number of hydrogen-bond donors (Lipinski definition) is 1. The molecule has 0 atom stereocenters. The highest BCUT2D eigenvalue weighted by Crippen LogP contribution is 2.37. The van der Waals surface area contributed by atoms with Crippen molar-refractivity contribution in [1.82, 2.24) is 9.97 Å². The second-order valence-corrected chi connectivity index (χ2v) is 6.47. The van der Waals surface area contributed by atoms with Gasteiger partial charge < -0.3 is 4.98 Å². The summed E-state index contributed by atoms with van der Waals surface area (Å²) in [5, 5.41) is 9.58. The monoisotopic (exact) mass is 363 g/mol. The van der Waals surface area contributed by atoms with Crippen LogP contribution in [0.5, 0.6) is 0 Å². The largest absolute Gasteiger partial charge is 0.328 e. The number of nitrogens with one attached hydrogen (secondary N) is 1. The molecule has 28 heavy (non-hydrogen) atoms. The maximum Gasteiger partial charge on any atom is 0.256 e. The van der Waals surface area contributed by atoms with Crippen LogP contribution in [0.4, 0.5) is 0 Å². The fraction of sp³-hybridized carbons (Fsp3) is 0.0417. The van der Waals surface area contributed by atoms with Crippen molar-refractivity contribution in [3.63, 3.8) is 0 Å². The molecule has 134 valence electrons. The summed E-state index contributed by atoms with van der Waals surface area (Å²) in [6.45, 7) is 1.93. The molecule has 2 aromatic carbocycles. The van der Waals surface area contributed by atoms with Gasteiger partial charge in [0.1, 0.15) is 0 Å². The number of H-pyrrole nitrogens is 1. The maximum absolute atomic E-state index is 12.9. The molecular weight excluding hydrogens is 346 g/mol. The van der Waals surface area contributed by atoms with Crippen LogP contribution < -0.4 is 5.56 Å². The topological polar surface area (TPSA) is 69.5 Å². The quantitative estimate of drug-likeness (QED) is 0.560. The lowest BCUT2D eigenvalue weighted by Crippen LogP contribution is -2.12. The zero-order valence-electron chi connectivity index (χ0n) is 15.3. The Morgan fingerprint density at radius 3 is 2.36 bits per heavy atom. The lowest BCUT2D eigenvalue weighted by Gasteiger charge is -2.15. The molecule has 0 spiro atoms. The molecule has 4 heteroatoms. The first-order valence-corrected chi connectivity index (χ1v) is 8.93. The van der Waals surface area contributed by atoms with E-state index in [4.69, 9.17) is 0 Å². The minimum absolute atomic E-state index is 0.238. The predicted molar refractivity (Wildman–Crippen MR) is 111 cm³/mol. The fourth-order valence-electron chi connectivity index (χ4n) is 3.39. The SMILES string of the molecule is Cc1cccc(-c2c[nH]c(=O)c(-c3ccccc3C#N)c2-c2ccccc2)n1. The zero-order chi connectivity index (χ0) is 19.5. The minimum atomic E-state index is -0.238. The number of nitrogens with zero attached hydrogens (tertiary/aromatic N) is 2. The van der Waals surface area contributed by atoms with Gasteiger partial charge in [-0.1, -0.05) is 54.6 Å². The van der Waals surface area contributed by atoms with Gasteiger partial charge in [-0.3, -0.25) is 9.78 Å². The van der Waals surface area contributed by atoms with Crippen molar-refractivity contribution in [2.75, 3.05) is 0 Å². The van der Waals surface area contributed by atoms with E-state index in [0.717, 1.165) is 28.1 Å². The minimum Gasteiger partial charge on any atom is -0.328 e. The second-order valence-electron chi connectivity index (χ2n) is 6.47. The first-order chi connectivity index (χ1) is 13.7. The average Bonchev–Trinajstić information content (AvgIpc) is 2.74. The van der Waals surface area contributed by atoms with Crippen LogP contribution >= 0.6 is 0 Å². The lowest BCUT2D eigenvalue weighted by atomic mass is 9.89. The van der Waals surface area contributed by atoms with E-state index in [9.17, 15) is 10.1 Å². The van der Waals surface area contributed by atoms with Crippen LogP contribution in [0.3, 0.4) is 0 Å². The molecule has 0 saturated heterocycles. The number of pyridine rings is 2. The highest BCUT2D eigenvalue weighted by atomic mass is 16.1. The van der Waals surface area contributed by atoms with Gasteiger partial charge in [0.05, 0.1) is 22.9 Å².